The Bertz CT molecular complexity index is 1370. The van der Waals surface area contributed by atoms with Crippen LogP contribution in [0.1, 0.15) is 44.7 Å². The SMILES string of the molecule is Cc1ccc(C(=O)N2C(C(=O)NCc3ccccc3)COC23CCN(C(=O)c2ccc(Cl)c(Cl)c2)CC3)cc1. The number of hydrogen-bond acceptors (Lipinski definition) is 4. The van der Waals surface area contributed by atoms with Gasteiger partial charge in [0.2, 0.25) is 5.91 Å². The molecule has 2 aliphatic heterocycles. The maximum atomic E-state index is 13.9. The predicted octanol–water partition coefficient (Wildman–Crippen LogP) is 5.09. The van der Waals surface area contributed by atoms with E-state index in [-0.39, 0.29) is 24.3 Å². The minimum Gasteiger partial charge on any atom is -0.353 e. The normalized spacial score (nSPS) is 18.3. The Morgan fingerprint density at radius 2 is 1.56 bits per heavy atom. The smallest absolute Gasteiger partial charge is 0.256 e. The van der Waals surface area contributed by atoms with Crippen LogP contribution >= 0.6 is 23.2 Å². The number of nitrogens with one attached hydrogen (secondary N) is 1. The van der Waals surface area contributed by atoms with E-state index in [9.17, 15) is 14.4 Å². The van der Waals surface area contributed by atoms with Gasteiger partial charge in [-0.15, -0.1) is 0 Å². The lowest BCUT2D eigenvalue weighted by Gasteiger charge is -2.44. The maximum absolute atomic E-state index is 13.9. The summed E-state index contributed by atoms with van der Waals surface area (Å²) >= 11 is 12.1. The van der Waals surface area contributed by atoms with Crippen molar-refractivity contribution in [1.82, 2.24) is 15.1 Å². The largest absolute Gasteiger partial charge is 0.353 e. The van der Waals surface area contributed by atoms with E-state index in [0.29, 0.717) is 53.6 Å². The van der Waals surface area contributed by atoms with Crippen molar-refractivity contribution < 1.29 is 19.1 Å². The van der Waals surface area contributed by atoms with Crippen LogP contribution in [0.5, 0.6) is 0 Å². The lowest BCUT2D eigenvalue weighted by Crippen LogP contribution is -2.59. The second-order valence-corrected chi connectivity index (χ2v) is 10.8. The molecular formula is C30H29Cl2N3O4. The van der Waals surface area contributed by atoms with Crippen molar-refractivity contribution in [1.29, 1.82) is 0 Å². The summed E-state index contributed by atoms with van der Waals surface area (Å²) in [7, 11) is 0. The van der Waals surface area contributed by atoms with Gasteiger partial charge in [0.05, 0.1) is 16.7 Å². The molecule has 202 valence electrons. The van der Waals surface area contributed by atoms with Gasteiger partial charge in [-0.2, -0.15) is 0 Å². The van der Waals surface area contributed by atoms with E-state index in [1.165, 1.54) is 0 Å². The molecule has 0 aliphatic carbocycles. The third-order valence-corrected chi connectivity index (χ3v) is 8.13. The number of nitrogens with zero attached hydrogens (tertiary/aromatic N) is 2. The van der Waals surface area contributed by atoms with Gasteiger partial charge in [0.1, 0.15) is 11.8 Å². The van der Waals surface area contributed by atoms with Gasteiger partial charge >= 0.3 is 0 Å². The molecule has 0 radical (unpaired) electrons. The topological polar surface area (TPSA) is 79.0 Å². The molecule has 0 aromatic heterocycles. The zero-order chi connectivity index (χ0) is 27.6. The summed E-state index contributed by atoms with van der Waals surface area (Å²) < 4.78 is 6.28. The van der Waals surface area contributed by atoms with E-state index in [1.807, 2.05) is 49.4 Å². The van der Waals surface area contributed by atoms with Gasteiger partial charge in [0, 0.05) is 43.6 Å². The molecule has 3 aromatic carbocycles. The Morgan fingerprint density at radius 1 is 0.897 bits per heavy atom. The van der Waals surface area contributed by atoms with E-state index in [2.05, 4.69) is 5.32 Å². The van der Waals surface area contributed by atoms with Crippen LogP contribution in [0.25, 0.3) is 0 Å². The molecule has 0 saturated carbocycles. The number of ether oxygens (including phenoxy) is 1. The van der Waals surface area contributed by atoms with Crippen LogP contribution in [0.15, 0.2) is 72.8 Å². The molecule has 5 rings (SSSR count). The highest BCUT2D eigenvalue weighted by Gasteiger charge is 2.54. The molecule has 1 spiro atoms. The summed E-state index contributed by atoms with van der Waals surface area (Å²) in [6.45, 7) is 3.10. The van der Waals surface area contributed by atoms with Crippen molar-refractivity contribution in [2.75, 3.05) is 19.7 Å². The Balaban J connectivity index is 1.36. The summed E-state index contributed by atoms with van der Waals surface area (Å²) in [6, 6.07) is 20.9. The molecule has 3 amide bonds. The lowest BCUT2D eigenvalue weighted by molar-refractivity contribution is -0.128. The van der Waals surface area contributed by atoms with Crippen LogP contribution in [0.4, 0.5) is 0 Å². The molecule has 39 heavy (non-hydrogen) atoms. The standard InChI is InChI=1S/C30H29Cl2N3O4/c1-20-7-9-22(10-8-20)29(38)35-26(27(36)33-18-21-5-3-2-4-6-21)19-39-30(35)13-15-34(16-14-30)28(37)23-11-12-24(31)25(32)17-23/h2-12,17,26H,13-16,18-19H2,1H3,(H,33,36). The fourth-order valence-corrected chi connectivity index (χ4v) is 5.47. The molecule has 1 atom stereocenters. The van der Waals surface area contributed by atoms with E-state index in [1.54, 1.807) is 40.1 Å². The van der Waals surface area contributed by atoms with Crippen molar-refractivity contribution in [3.8, 4) is 0 Å². The van der Waals surface area contributed by atoms with Crippen LogP contribution < -0.4 is 5.32 Å². The second-order valence-electron chi connectivity index (χ2n) is 9.94. The van der Waals surface area contributed by atoms with Crippen LogP contribution in [0.3, 0.4) is 0 Å². The first-order chi connectivity index (χ1) is 18.8. The van der Waals surface area contributed by atoms with Crippen molar-refractivity contribution in [2.45, 2.75) is 38.1 Å². The molecule has 2 aliphatic rings. The number of hydrogen-bond donors (Lipinski definition) is 1. The van der Waals surface area contributed by atoms with Gasteiger partial charge in [-0.05, 0) is 42.8 Å². The highest BCUT2D eigenvalue weighted by Crippen LogP contribution is 2.39. The zero-order valence-corrected chi connectivity index (χ0v) is 23.0. The fourth-order valence-electron chi connectivity index (χ4n) is 5.18. The summed E-state index contributed by atoms with van der Waals surface area (Å²) in [4.78, 5) is 43.8. The van der Waals surface area contributed by atoms with Gasteiger partial charge in [0.15, 0.2) is 0 Å². The first-order valence-corrected chi connectivity index (χ1v) is 13.6. The number of benzene rings is 3. The molecule has 0 bridgehead atoms. The summed E-state index contributed by atoms with van der Waals surface area (Å²) in [5.41, 5.74) is 1.93. The average Bonchev–Trinajstić information content (AvgIpc) is 3.32. The number of halogens is 2. The predicted molar refractivity (Wildman–Crippen MR) is 150 cm³/mol. The molecule has 1 unspecified atom stereocenters. The number of piperidine rings is 1. The van der Waals surface area contributed by atoms with Gasteiger partial charge < -0.3 is 15.0 Å². The molecule has 3 aromatic rings. The van der Waals surface area contributed by atoms with Crippen LogP contribution in [-0.4, -0.2) is 59.0 Å². The van der Waals surface area contributed by atoms with Crippen molar-refractivity contribution in [3.63, 3.8) is 0 Å². The fraction of sp³-hybridized carbons (Fsp3) is 0.300. The number of amides is 3. The summed E-state index contributed by atoms with van der Waals surface area (Å²) in [6.07, 6.45) is 0.750. The second kappa shape index (κ2) is 11.4. The number of rotatable bonds is 5. The van der Waals surface area contributed by atoms with E-state index in [0.717, 1.165) is 11.1 Å². The molecule has 9 heteroatoms. The zero-order valence-electron chi connectivity index (χ0n) is 21.5. The molecule has 2 heterocycles. The van der Waals surface area contributed by atoms with Crippen LogP contribution in [0, 0.1) is 6.92 Å². The number of aryl methyl sites for hydroxylation is 1. The minimum atomic E-state index is -0.995. The minimum absolute atomic E-state index is 0.0823. The number of carbonyl (C=O) groups excluding carboxylic acids is 3. The monoisotopic (exact) mass is 565 g/mol. The average molecular weight is 566 g/mol. The highest BCUT2D eigenvalue weighted by molar-refractivity contribution is 6.42. The van der Waals surface area contributed by atoms with Crippen molar-refractivity contribution in [3.05, 3.63) is 105 Å². The summed E-state index contributed by atoms with van der Waals surface area (Å²) in [5, 5.41) is 3.66. The summed E-state index contributed by atoms with van der Waals surface area (Å²) in [5.74, 6) is -0.711. The van der Waals surface area contributed by atoms with E-state index in [4.69, 9.17) is 27.9 Å². The van der Waals surface area contributed by atoms with Gasteiger partial charge in [0.25, 0.3) is 11.8 Å². The molecule has 7 nitrogen and oxygen atoms in total. The van der Waals surface area contributed by atoms with Crippen LogP contribution in [0.2, 0.25) is 10.0 Å². The molecular weight excluding hydrogens is 537 g/mol. The molecule has 2 saturated heterocycles. The Morgan fingerprint density at radius 3 is 2.23 bits per heavy atom. The third-order valence-electron chi connectivity index (χ3n) is 7.39. The molecule has 1 N–H and O–H groups in total. The Hall–Kier alpha value is -3.39. The van der Waals surface area contributed by atoms with Gasteiger partial charge in [-0.25, -0.2) is 0 Å². The van der Waals surface area contributed by atoms with Crippen molar-refractivity contribution >= 4 is 40.9 Å². The Kier molecular flexibility index (Phi) is 7.93. The quantitative estimate of drug-likeness (QED) is 0.467. The maximum Gasteiger partial charge on any atom is 0.256 e. The first kappa shape index (κ1) is 27.2. The third kappa shape index (κ3) is 5.66. The van der Waals surface area contributed by atoms with Crippen LogP contribution in [-0.2, 0) is 16.1 Å². The van der Waals surface area contributed by atoms with Gasteiger partial charge in [-0.3, -0.25) is 19.3 Å². The van der Waals surface area contributed by atoms with E-state index >= 15 is 0 Å². The van der Waals surface area contributed by atoms with Gasteiger partial charge in [-0.1, -0.05) is 71.2 Å². The lowest BCUT2D eigenvalue weighted by atomic mass is 9.96. The Labute approximate surface area is 237 Å². The number of likely N-dealkylation sites (tertiary alicyclic amines) is 1. The van der Waals surface area contributed by atoms with E-state index < -0.39 is 11.8 Å². The number of carbonyl (C=O) groups is 3. The van der Waals surface area contributed by atoms with Crippen molar-refractivity contribution in [2.24, 2.45) is 0 Å². The molecule has 2 fully saturated rings. The first-order valence-electron chi connectivity index (χ1n) is 12.9. The highest BCUT2D eigenvalue weighted by atomic mass is 35.5.